The first-order chi connectivity index (χ1) is 14.7. The molecule has 4 heterocycles. The summed E-state index contributed by atoms with van der Waals surface area (Å²) >= 11 is 1.47. The Morgan fingerprint density at radius 2 is 2.20 bits per heavy atom. The van der Waals surface area contributed by atoms with E-state index in [0.29, 0.717) is 6.61 Å². The predicted octanol–water partition coefficient (Wildman–Crippen LogP) is 4.11. The van der Waals surface area contributed by atoms with Gasteiger partial charge in [-0.15, -0.1) is 10.2 Å². The van der Waals surface area contributed by atoms with Gasteiger partial charge in [-0.2, -0.15) is 0 Å². The van der Waals surface area contributed by atoms with Crippen molar-refractivity contribution in [3.05, 3.63) is 71.1 Å². The van der Waals surface area contributed by atoms with Gasteiger partial charge in [-0.1, -0.05) is 23.5 Å². The molecule has 0 unspecified atom stereocenters. The molecule has 1 aromatic carbocycles. The molecule has 0 amide bonds. The molecule has 0 aliphatic carbocycles. The molecule has 1 N–H and O–H groups in total. The van der Waals surface area contributed by atoms with Crippen LogP contribution in [-0.2, 0) is 11.3 Å². The van der Waals surface area contributed by atoms with E-state index in [0.717, 1.165) is 47.4 Å². The fourth-order valence-corrected chi connectivity index (χ4v) is 4.25. The number of fused-ring (bicyclic) bond motifs is 1. The van der Waals surface area contributed by atoms with Gasteiger partial charge in [0.15, 0.2) is 0 Å². The van der Waals surface area contributed by atoms with Crippen molar-refractivity contribution < 1.29 is 4.74 Å². The number of morpholine rings is 1. The zero-order chi connectivity index (χ0) is 20.3. The molecule has 3 aromatic heterocycles. The van der Waals surface area contributed by atoms with Crippen molar-refractivity contribution in [2.75, 3.05) is 25.0 Å². The first-order valence-electron chi connectivity index (χ1n) is 9.92. The topological polar surface area (TPSA) is 76.1 Å². The molecule has 1 atom stereocenters. The highest BCUT2D eigenvalue weighted by molar-refractivity contribution is 7.13. The SMILES string of the molecule is Cc1cc(Nc2nncs2)cc([C@@H]2CN(Cc3ccc4ncccc4c3)CCO2)n1. The zero-order valence-corrected chi connectivity index (χ0v) is 17.5. The molecule has 0 radical (unpaired) electrons. The number of pyridine rings is 2. The van der Waals surface area contributed by atoms with Crippen molar-refractivity contribution in [1.82, 2.24) is 25.1 Å². The summed E-state index contributed by atoms with van der Waals surface area (Å²) in [5.41, 5.74) is 6.86. The van der Waals surface area contributed by atoms with Gasteiger partial charge >= 0.3 is 0 Å². The smallest absolute Gasteiger partial charge is 0.209 e. The second-order valence-electron chi connectivity index (χ2n) is 7.42. The van der Waals surface area contributed by atoms with Crippen molar-refractivity contribution in [2.45, 2.75) is 19.6 Å². The van der Waals surface area contributed by atoms with Gasteiger partial charge in [0.05, 0.1) is 17.8 Å². The van der Waals surface area contributed by atoms with Crippen LogP contribution in [0.15, 0.2) is 54.2 Å². The molecule has 0 bridgehead atoms. The van der Waals surface area contributed by atoms with E-state index in [2.05, 4.69) is 49.7 Å². The Balaban J connectivity index is 1.31. The van der Waals surface area contributed by atoms with Crippen molar-refractivity contribution >= 4 is 33.1 Å². The largest absolute Gasteiger partial charge is 0.369 e. The quantitative estimate of drug-likeness (QED) is 0.523. The number of nitrogens with zero attached hydrogens (tertiary/aromatic N) is 5. The lowest BCUT2D eigenvalue weighted by atomic mass is 10.1. The van der Waals surface area contributed by atoms with E-state index in [9.17, 15) is 0 Å². The lowest BCUT2D eigenvalue weighted by Crippen LogP contribution is -2.38. The van der Waals surface area contributed by atoms with Crippen LogP contribution in [0.25, 0.3) is 10.9 Å². The maximum absolute atomic E-state index is 6.08. The summed E-state index contributed by atoms with van der Waals surface area (Å²) in [5, 5.41) is 13.2. The van der Waals surface area contributed by atoms with Crippen LogP contribution in [0.4, 0.5) is 10.8 Å². The molecule has 152 valence electrons. The minimum absolute atomic E-state index is 0.0595. The van der Waals surface area contributed by atoms with Crippen molar-refractivity contribution in [3.63, 3.8) is 0 Å². The van der Waals surface area contributed by atoms with Gasteiger partial charge in [-0.3, -0.25) is 14.9 Å². The lowest BCUT2D eigenvalue weighted by Gasteiger charge is -2.33. The lowest BCUT2D eigenvalue weighted by molar-refractivity contribution is -0.0350. The van der Waals surface area contributed by atoms with Gasteiger partial charge in [-0.25, -0.2) is 0 Å². The number of hydrogen-bond donors (Lipinski definition) is 1. The summed E-state index contributed by atoms with van der Waals surface area (Å²) in [7, 11) is 0. The van der Waals surface area contributed by atoms with Gasteiger partial charge in [0.25, 0.3) is 0 Å². The van der Waals surface area contributed by atoms with Gasteiger partial charge in [0.2, 0.25) is 5.13 Å². The van der Waals surface area contributed by atoms with Crippen LogP contribution >= 0.6 is 11.3 Å². The molecular formula is C22H22N6OS. The average molecular weight is 419 g/mol. The monoisotopic (exact) mass is 418 g/mol. The van der Waals surface area contributed by atoms with E-state index < -0.39 is 0 Å². The Labute approximate surface area is 178 Å². The first-order valence-corrected chi connectivity index (χ1v) is 10.8. The van der Waals surface area contributed by atoms with Crippen LogP contribution < -0.4 is 5.32 Å². The van der Waals surface area contributed by atoms with Crippen molar-refractivity contribution in [1.29, 1.82) is 0 Å². The van der Waals surface area contributed by atoms with Crippen LogP contribution in [-0.4, -0.2) is 44.8 Å². The summed E-state index contributed by atoms with van der Waals surface area (Å²) in [6.45, 7) is 5.28. The molecule has 1 fully saturated rings. The van der Waals surface area contributed by atoms with Crippen LogP contribution in [0.3, 0.4) is 0 Å². The fraction of sp³-hybridized carbons (Fsp3) is 0.273. The number of rotatable bonds is 5. The standard InChI is InChI=1S/C22H22N6OS/c1-15-9-18(26-22-27-24-14-30-22)11-20(25-15)21-13-28(7-8-29-21)12-16-4-5-19-17(10-16)3-2-6-23-19/h2-6,9-11,14,21H,7-8,12-13H2,1H3,(H,25,26,27)/t21-/m0/s1. The summed E-state index contributed by atoms with van der Waals surface area (Å²) in [4.78, 5) is 11.6. The number of aromatic nitrogens is 4. The van der Waals surface area contributed by atoms with E-state index in [1.165, 1.54) is 22.3 Å². The average Bonchev–Trinajstić information content (AvgIpc) is 3.26. The van der Waals surface area contributed by atoms with Gasteiger partial charge < -0.3 is 10.1 Å². The Morgan fingerprint density at radius 3 is 3.10 bits per heavy atom. The Bertz CT molecular complexity index is 1150. The van der Waals surface area contributed by atoms with Crippen LogP contribution in [0.1, 0.15) is 23.1 Å². The van der Waals surface area contributed by atoms with Gasteiger partial charge in [-0.05, 0) is 42.8 Å². The normalized spacial score (nSPS) is 17.3. The van der Waals surface area contributed by atoms with E-state index in [1.807, 2.05) is 31.3 Å². The van der Waals surface area contributed by atoms with E-state index in [1.54, 1.807) is 5.51 Å². The maximum Gasteiger partial charge on any atom is 0.209 e. The third-order valence-electron chi connectivity index (χ3n) is 5.14. The Morgan fingerprint density at radius 1 is 1.23 bits per heavy atom. The minimum Gasteiger partial charge on any atom is -0.369 e. The van der Waals surface area contributed by atoms with E-state index in [4.69, 9.17) is 9.72 Å². The molecule has 5 rings (SSSR count). The van der Waals surface area contributed by atoms with E-state index in [-0.39, 0.29) is 6.10 Å². The molecule has 0 spiro atoms. The number of nitrogens with one attached hydrogen (secondary N) is 1. The van der Waals surface area contributed by atoms with Crippen molar-refractivity contribution in [3.8, 4) is 0 Å². The molecular weight excluding hydrogens is 396 g/mol. The number of aryl methyl sites for hydroxylation is 1. The van der Waals surface area contributed by atoms with Gasteiger partial charge in [0.1, 0.15) is 11.6 Å². The molecule has 0 saturated carbocycles. The molecule has 1 saturated heterocycles. The molecule has 4 aromatic rings. The third kappa shape index (κ3) is 4.30. The Hall–Kier alpha value is -2.94. The predicted molar refractivity (Wildman–Crippen MR) is 118 cm³/mol. The second-order valence-corrected chi connectivity index (χ2v) is 8.25. The fourth-order valence-electron chi connectivity index (χ4n) is 3.79. The minimum atomic E-state index is -0.0595. The molecule has 30 heavy (non-hydrogen) atoms. The van der Waals surface area contributed by atoms with Crippen molar-refractivity contribution in [2.24, 2.45) is 0 Å². The van der Waals surface area contributed by atoms with Crippen LogP contribution in [0, 0.1) is 6.92 Å². The maximum atomic E-state index is 6.08. The highest BCUT2D eigenvalue weighted by Crippen LogP contribution is 2.27. The number of hydrogen-bond acceptors (Lipinski definition) is 8. The van der Waals surface area contributed by atoms with Crippen LogP contribution in [0.2, 0.25) is 0 Å². The third-order valence-corrected chi connectivity index (χ3v) is 5.75. The molecule has 1 aliphatic rings. The summed E-state index contributed by atoms with van der Waals surface area (Å²) in [5.74, 6) is 0. The van der Waals surface area contributed by atoms with E-state index >= 15 is 0 Å². The van der Waals surface area contributed by atoms with Crippen LogP contribution in [0.5, 0.6) is 0 Å². The first kappa shape index (κ1) is 19.0. The highest BCUT2D eigenvalue weighted by Gasteiger charge is 2.24. The van der Waals surface area contributed by atoms with Gasteiger partial charge in [0, 0.05) is 42.6 Å². The number of anilines is 2. The molecule has 1 aliphatic heterocycles. The molecule has 7 nitrogen and oxygen atoms in total. The zero-order valence-electron chi connectivity index (χ0n) is 16.7. The number of benzene rings is 1. The highest BCUT2D eigenvalue weighted by atomic mass is 32.1. The summed E-state index contributed by atoms with van der Waals surface area (Å²) in [6.07, 6.45) is 1.77. The summed E-state index contributed by atoms with van der Waals surface area (Å²) < 4.78 is 6.08. The number of ether oxygens (including phenoxy) is 1. The second kappa shape index (κ2) is 8.43. The molecule has 8 heteroatoms. The summed E-state index contributed by atoms with van der Waals surface area (Å²) in [6, 6.07) is 14.6. The Kier molecular flexibility index (Phi) is 5.35.